The quantitative estimate of drug-likeness (QED) is 0.408. The Morgan fingerprint density at radius 1 is 1.13 bits per heavy atom. The Kier molecular flexibility index (Phi) is 10.0. The Balaban J connectivity index is 1.59. The van der Waals surface area contributed by atoms with E-state index >= 15 is 0 Å². The van der Waals surface area contributed by atoms with Crippen LogP contribution in [0, 0.1) is 6.92 Å². The number of amides is 3. The fourth-order valence-corrected chi connectivity index (χ4v) is 4.54. The second kappa shape index (κ2) is 12.8. The molecule has 0 atom stereocenters. The van der Waals surface area contributed by atoms with Crippen LogP contribution >= 0.6 is 23.2 Å². The van der Waals surface area contributed by atoms with Gasteiger partial charge < -0.3 is 15.4 Å². The molecule has 212 valence electrons. The molecule has 0 fully saturated rings. The van der Waals surface area contributed by atoms with Crippen LogP contribution in [-0.2, 0) is 41.1 Å². The second-order valence-corrected chi connectivity index (χ2v) is 11.4. The van der Waals surface area contributed by atoms with Crippen molar-refractivity contribution in [2.24, 2.45) is 7.05 Å². The van der Waals surface area contributed by atoms with Crippen molar-refractivity contribution in [1.82, 2.24) is 30.8 Å². The first-order chi connectivity index (χ1) is 18.2. The molecule has 2 heterocycles. The lowest BCUT2D eigenvalue weighted by Crippen LogP contribution is -2.47. The topological polar surface area (TPSA) is 118 Å². The molecule has 0 radical (unpaired) electrons. The summed E-state index contributed by atoms with van der Waals surface area (Å²) in [6, 6.07) is 5.17. The fourth-order valence-electron chi connectivity index (χ4n) is 4.11. The third kappa shape index (κ3) is 8.45. The molecule has 0 bridgehead atoms. The van der Waals surface area contributed by atoms with Gasteiger partial charge in [-0.1, -0.05) is 34.8 Å². The Morgan fingerprint density at radius 2 is 1.85 bits per heavy atom. The number of halogens is 2. The van der Waals surface area contributed by atoms with Crippen molar-refractivity contribution in [3.63, 3.8) is 0 Å². The van der Waals surface area contributed by atoms with Crippen molar-refractivity contribution in [1.29, 1.82) is 0 Å². The van der Waals surface area contributed by atoms with Gasteiger partial charge in [0.2, 0.25) is 5.91 Å². The number of hydrogen-bond donors (Lipinski definition) is 3. The molecule has 3 amide bonds. The molecule has 1 aromatic carbocycles. The average Bonchev–Trinajstić information content (AvgIpc) is 3.08. The van der Waals surface area contributed by atoms with E-state index in [0.29, 0.717) is 46.4 Å². The Hall–Kier alpha value is -3.08. The highest BCUT2D eigenvalue weighted by Gasteiger charge is 2.27. The van der Waals surface area contributed by atoms with Crippen molar-refractivity contribution in [2.45, 2.75) is 72.7 Å². The predicted octanol–water partition coefficient (Wildman–Crippen LogP) is 4.32. The number of nitrogens with one attached hydrogen (secondary N) is 3. The van der Waals surface area contributed by atoms with Gasteiger partial charge in [-0.05, 0) is 64.3 Å². The van der Waals surface area contributed by atoms with E-state index < -0.39 is 11.6 Å². The number of ether oxygens (including phenoxy) is 1. The average molecular weight is 580 g/mol. The summed E-state index contributed by atoms with van der Waals surface area (Å²) >= 11 is 12.5. The highest BCUT2D eigenvalue weighted by Crippen LogP contribution is 2.23. The molecule has 0 unspecified atom stereocenters. The number of nitrogens with zero attached hydrogens (tertiary/aromatic N) is 3. The smallest absolute Gasteiger partial charge is 0.407 e. The molecule has 1 aliphatic rings. The Morgan fingerprint density at radius 3 is 2.49 bits per heavy atom. The normalized spacial score (nSPS) is 14.1. The first kappa shape index (κ1) is 30.5. The van der Waals surface area contributed by atoms with Gasteiger partial charge >= 0.3 is 6.09 Å². The van der Waals surface area contributed by atoms with Crippen LogP contribution in [0.5, 0.6) is 0 Å². The van der Waals surface area contributed by atoms with Gasteiger partial charge in [0.15, 0.2) is 0 Å². The molecule has 10 nitrogen and oxygen atoms in total. The summed E-state index contributed by atoms with van der Waals surface area (Å²) in [7, 11) is 1.76. The zero-order valence-electron chi connectivity index (χ0n) is 23.2. The van der Waals surface area contributed by atoms with E-state index in [4.69, 9.17) is 27.9 Å². The molecule has 3 N–H and O–H groups in total. The van der Waals surface area contributed by atoms with Crippen molar-refractivity contribution in [3.8, 4) is 0 Å². The maximum Gasteiger partial charge on any atom is 0.407 e. The van der Waals surface area contributed by atoms with Crippen LogP contribution in [0.15, 0.2) is 29.3 Å². The minimum absolute atomic E-state index is 0.0219. The van der Waals surface area contributed by atoms with Crippen LogP contribution in [0.4, 0.5) is 4.79 Å². The molecule has 12 heteroatoms. The number of carbonyl (C=O) groups excluding carboxylic acids is 3. The molecule has 2 aromatic rings. The number of carbonyl (C=O) groups is 3. The first-order valence-electron chi connectivity index (χ1n) is 12.7. The van der Waals surface area contributed by atoms with E-state index in [0.717, 1.165) is 16.8 Å². The third-order valence-electron chi connectivity index (χ3n) is 6.26. The van der Waals surface area contributed by atoms with Crippen LogP contribution in [0.25, 0.3) is 0 Å². The van der Waals surface area contributed by atoms with Gasteiger partial charge in [0, 0.05) is 48.4 Å². The molecule has 0 aliphatic carbocycles. The number of aromatic nitrogens is 2. The van der Waals surface area contributed by atoms with Gasteiger partial charge in [0.1, 0.15) is 11.8 Å². The SMILES string of the molecule is CC1=C(CC(=O)NCc2cc(Cl)ccc2COC(=O)NC(C)(C)C)C(=O)N(NCc2c(C)nn(C)c2Cl)CC1. The number of aryl methyl sites for hydroxylation is 2. The zero-order chi connectivity index (χ0) is 28.9. The highest BCUT2D eigenvalue weighted by molar-refractivity contribution is 6.30. The van der Waals surface area contributed by atoms with Crippen molar-refractivity contribution < 1.29 is 19.1 Å². The van der Waals surface area contributed by atoms with Gasteiger partial charge in [0.25, 0.3) is 5.91 Å². The summed E-state index contributed by atoms with van der Waals surface area (Å²) in [4.78, 5) is 38.1. The lowest BCUT2D eigenvalue weighted by molar-refractivity contribution is -0.132. The lowest BCUT2D eigenvalue weighted by atomic mass is 9.98. The molecule has 0 spiro atoms. The van der Waals surface area contributed by atoms with Gasteiger partial charge in [0.05, 0.1) is 12.1 Å². The van der Waals surface area contributed by atoms with Crippen molar-refractivity contribution in [3.05, 3.63) is 61.9 Å². The number of hydrogen-bond acceptors (Lipinski definition) is 6. The van der Waals surface area contributed by atoms with Crippen LogP contribution < -0.4 is 16.1 Å². The van der Waals surface area contributed by atoms with Gasteiger partial charge in [-0.25, -0.2) is 10.2 Å². The van der Waals surface area contributed by atoms with Crippen LogP contribution in [0.2, 0.25) is 10.2 Å². The number of alkyl carbamates (subject to hydrolysis) is 1. The molecular formula is C27H36Cl2N6O4. The molecular weight excluding hydrogens is 543 g/mol. The monoisotopic (exact) mass is 578 g/mol. The minimum atomic E-state index is -0.537. The summed E-state index contributed by atoms with van der Waals surface area (Å²) in [6.07, 6.45) is 0.0495. The summed E-state index contributed by atoms with van der Waals surface area (Å²) in [5, 5.41) is 12.4. The summed E-state index contributed by atoms with van der Waals surface area (Å²) < 4.78 is 6.93. The van der Waals surface area contributed by atoms with Gasteiger partial charge in [-0.2, -0.15) is 5.10 Å². The molecule has 1 aliphatic heterocycles. The van der Waals surface area contributed by atoms with Crippen molar-refractivity contribution in [2.75, 3.05) is 6.54 Å². The third-order valence-corrected chi connectivity index (χ3v) is 6.97. The van der Waals surface area contributed by atoms with Gasteiger partial charge in [-0.15, -0.1) is 0 Å². The summed E-state index contributed by atoms with van der Waals surface area (Å²) in [5.74, 6) is -0.545. The summed E-state index contributed by atoms with van der Waals surface area (Å²) in [5.41, 5.74) is 7.07. The number of benzene rings is 1. The van der Waals surface area contributed by atoms with Crippen LogP contribution in [0.3, 0.4) is 0 Å². The fraction of sp³-hybridized carbons (Fsp3) is 0.481. The summed E-state index contributed by atoms with van der Waals surface area (Å²) in [6.45, 7) is 10.3. The lowest BCUT2D eigenvalue weighted by Gasteiger charge is -2.30. The van der Waals surface area contributed by atoms with Crippen molar-refractivity contribution >= 4 is 41.1 Å². The van der Waals surface area contributed by atoms with E-state index in [1.807, 2.05) is 34.6 Å². The molecule has 3 rings (SSSR count). The van der Waals surface area contributed by atoms with E-state index in [2.05, 4.69) is 21.2 Å². The predicted molar refractivity (Wildman–Crippen MR) is 150 cm³/mol. The van der Waals surface area contributed by atoms with Crippen LogP contribution in [0.1, 0.15) is 62.9 Å². The van der Waals surface area contributed by atoms with E-state index in [9.17, 15) is 14.4 Å². The highest BCUT2D eigenvalue weighted by atomic mass is 35.5. The number of rotatable bonds is 9. The number of hydrazine groups is 1. The largest absolute Gasteiger partial charge is 0.445 e. The van der Waals surface area contributed by atoms with E-state index in [-0.39, 0.29) is 31.4 Å². The maximum atomic E-state index is 13.2. The first-order valence-corrected chi connectivity index (χ1v) is 13.4. The Bertz CT molecular complexity index is 1280. The minimum Gasteiger partial charge on any atom is -0.445 e. The molecule has 39 heavy (non-hydrogen) atoms. The second-order valence-electron chi connectivity index (χ2n) is 10.6. The Labute approximate surface area is 239 Å². The molecule has 1 aromatic heterocycles. The van der Waals surface area contributed by atoms with Gasteiger partial charge in [-0.3, -0.25) is 19.3 Å². The molecule has 0 saturated carbocycles. The van der Waals surface area contributed by atoms with E-state index in [1.165, 1.54) is 5.01 Å². The standard InChI is InChI=1S/C27H36Cl2N6O4/c1-16-9-10-35(31-14-22-17(2)33-34(6)24(22)29)25(37)21(16)12-23(36)30-13-19-11-20(28)8-7-18(19)15-39-26(38)32-27(3,4)5/h7-8,11,31H,9-10,12-15H2,1-6H3,(H,30,36)(H,32,38). The maximum absolute atomic E-state index is 13.2. The van der Waals surface area contributed by atoms with E-state index in [1.54, 1.807) is 29.9 Å². The zero-order valence-corrected chi connectivity index (χ0v) is 24.7. The molecule has 0 saturated heterocycles. The van der Waals surface area contributed by atoms with Crippen LogP contribution in [-0.4, -0.2) is 44.8 Å².